The Kier molecular flexibility index (Phi) is 6.59. The molecule has 0 saturated heterocycles. The third kappa shape index (κ3) is 5.91. The molecule has 2 rings (SSSR count). The largest absolute Gasteiger partial charge is 0.350 e. The molecule has 25 heavy (non-hydrogen) atoms. The number of hydrogen-bond acceptors (Lipinski definition) is 2. The summed E-state index contributed by atoms with van der Waals surface area (Å²) in [6, 6.07) is 13.2. The molecule has 0 aliphatic heterocycles. The van der Waals surface area contributed by atoms with E-state index in [1.54, 1.807) is 0 Å². The lowest BCUT2D eigenvalue weighted by Gasteiger charge is -2.15. The fourth-order valence-electron chi connectivity index (χ4n) is 2.54. The van der Waals surface area contributed by atoms with Crippen molar-refractivity contribution in [2.45, 2.75) is 39.7 Å². The highest BCUT2D eigenvalue weighted by Crippen LogP contribution is 2.19. The SMILES string of the molecule is CC(=O)Nc1cccc(C(C)NC(=O)CCc2ccc(C)c(Cl)c2)c1. The van der Waals surface area contributed by atoms with Gasteiger partial charge in [-0.15, -0.1) is 0 Å². The minimum Gasteiger partial charge on any atom is -0.350 e. The molecular formula is C20H23ClN2O2. The number of amides is 2. The van der Waals surface area contributed by atoms with Crippen molar-refractivity contribution in [1.29, 1.82) is 0 Å². The van der Waals surface area contributed by atoms with Crippen LogP contribution in [-0.4, -0.2) is 11.8 Å². The van der Waals surface area contributed by atoms with Crippen molar-refractivity contribution >= 4 is 29.1 Å². The Bertz CT molecular complexity index is 774. The first-order valence-corrected chi connectivity index (χ1v) is 8.65. The minimum absolute atomic E-state index is 0.0193. The minimum atomic E-state index is -0.136. The summed E-state index contributed by atoms with van der Waals surface area (Å²) in [6.45, 7) is 5.35. The van der Waals surface area contributed by atoms with Gasteiger partial charge in [0.15, 0.2) is 0 Å². The van der Waals surface area contributed by atoms with E-state index in [1.165, 1.54) is 6.92 Å². The maximum atomic E-state index is 12.2. The van der Waals surface area contributed by atoms with Crippen LogP contribution in [0.15, 0.2) is 42.5 Å². The van der Waals surface area contributed by atoms with Crippen LogP contribution in [0.25, 0.3) is 0 Å². The van der Waals surface area contributed by atoms with Crippen molar-refractivity contribution < 1.29 is 9.59 Å². The number of anilines is 1. The normalized spacial score (nSPS) is 11.7. The topological polar surface area (TPSA) is 58.2 Å². The summed E-state index contributed by atoms with van der Waals surface area (Å²) >= 11 is 6.11. The van der Waals surface area contributed by atoms with Gasteiger partial charge in [-0.1, -0.05) is 35.9 Å². The predicted molar refractivity (Wildman–Crippen MR) is 102 cm³/mol. The number of rotatable bonds is 6. The van der Waals surface area contributed by atoms with Crippen LogP contribution in [0, 0.1) is 6.92 Å². The first-order valence-electron chi connectivity index (χ1n) is 8.27. The maximum Gasteiger partial charge on any atom is 0.221 e. The van der Waals surface area contributed by atoms with E-state index in [0.29, 0.717) is 12.8 Å². The number of aryl methyl sites for hydroxylation is 2. The van der Waals surface area contributed by atoms with Gasteiger partial charge >= 0.3 is 0 Å². The van der Waals surface area contributed by atoms with Crippen molar-refractivity contribution in [3.05, 3.63) is 64.2 Å². The maximum absolute atomic E-state index is 12.2. The summed E-state index contributed by atoms with van der Waals surface area (Å²) in [5.74, 6) is -0.139. The molecule has 0 spiro atoms. The zero-order chi connectivity index (χ0) is 18.4. The molecule has 5 heteroatoms. The number of halogens is 1. The van der Waals surface area contributed by atoms with Crippen LogP contribution in [0.5, 0.6) is 0 Å². The molecule has 4 nitrogen and oxygen atoms in total. The monoisotopic (exact) mass is 358 g/mol. The average molecular weight is 359 g/mol. The van der Waals surface area contributed by atoms with E-state index < -0.39 is 0 Å². The highest BCUT2D eigenvalue weighted by atomic mass is 35.5. The Hall–Kier alpha value is -2.33. The van der Waals surface area contributed by atoms with Crippen LogP contribution in [0.1, 0.15) is 43.0 Å². The Balaban J connectivity index is 1.91. The number of nitrogens with one attached hydrogen (secondary N) is 2. The summed E-state index contributed by atoms with van der Waals surface area (Å²) in [6.07, 6.45) is 1.04. The quantitative estimate of drug-likeness (QED) is 0.803. The van der Waals surface area contributed by atoms with E-state index in [0.717, 1.165) is 27.4 Å². The molecule has 0 aliphatic carbocycles. The Morgan fingerprint density at radius 2 is 1.92 bits per heavy atom. The molecule has 0 saturated carbocycles. The van der Waals surface area contributed by atoms with Crippen molar-refractivity contribution in [2.24, 2.45) is 0 Å². The van der Waals surface area contributed by atoms with Crippen molar-refractivity contribution in [1.82, 2.24) is 5.32 Å². The number of carbonyl (C=O) groups is 2. The van der Waals surface area contributed by atoms with E-state index >= 15 is 0 Å². The van der Waals surface area contributed by atoms with Gasteiger partial charge in [-0.3, -0.25) is 9.59 Å². The van der Waals surface area contributed by atoms with Crippen LogP contribution in [0.2, 0.25) is 5.02 Å². The van der Waals surface area contributed by atoms with E-state index in [2.05, 4.69) is 10.6 Å². The molecule has 2 N–H and O–H groups in total. The molecule has 0 fully saturated rings. The Morgan fingerprint density at radius 1 is 1.16 bits per heavy atom. The zero-order valence-corrected chi connectivity index (χ0v) is 15.5. The number of hydrogen-bond donors (Lipinski definition) is 2. The lowest BCUT2D eigenvalue weighted by molar-refractivity contribution is -0.121. The summed E-state index contributed by atoms with van der Waals surface area (Å²) in [4.78, 5) is 23.3. The highest BCUT2D eigenvalue weighted by molar-refractivity contribution is 6.31. The fraction of sp³-hybridized carbons (Fsp3) is 0.300. The predicted octanol–water partition coefficient (Wildman–Crippen LogP) is 4.42. The summed E-state index contributed by atoms with van der Waals surface area (Å²) in [7, 11) is 0. The molecule has 0 radical (unpaired) electrons. The van der Waals surface area contributed by atoms with Gasteiger partial charge in [0.05, 0.1) is 6.04 Å². The Morgan fingerprint density at radius 3 is 2.60 bits per heavy atom. The van der Waals surface area contributed by atoms with Crippen molar-refractivity contribution in [2.75, 3.05) is 5.32 Å². The van der Waals surface area contributed by atoms with E-state index in [-0.39, 0.29) is 17.9 Å². The van der Waals surface area contributed by atoms with Crippen LogP contribution >= 0.6 is 11.6 Å². The molecule has 2 amide bonds. The standard InChI is InChI=1S/C20H23ClN2O2/c1-13-7-8-16(11-19(13)21)9-10-20(25)22-14(2)17-5-4-6-18(12-17)23-15(3)24/h4-8,11-12,14H,9-10H2,1-3H3,(H,22,25)(H,23,24). The van der Waals surface area contributed by atoms with Gasteiger partial charge in [0.25, 0.3) is 0 Å². The van der Waals surface area contributed by atoms with Crippen LogP contribution in [0.4, 0.5) is 5.69 Å². The zero-order valence-electron chi connectivity index (χ0n) is 14.7. The smallest absolute Gasteiger partial charge is 0.221 e. The van der Waals surface area contributed by atoms with Gasteiger partial charge in [0, 0.05) is 24.1 Å². The first-order chi connectivity index (χ1) is 11.8. The Labute approximate surface area is 153 Å². The second-order valence-electron chi connectivity index (χ2n) is 6.18. The van der Waals surface area contributed by atoms with Gasteiger partial charge in [-0.25, -0.2) is 0 Å². The van der Waals surface area contributed by atoms with E-state index in [4.69, 9.17) is 11.6 Å². The third-order valence-electron chi connectivity index (χ3n) is 3.96. The van der Waals surface area contributed by atoms with E-state index in [1.807, 2.05) is 56.3 Å². The lowest BCUT2D eigenvalue weighted by Crippen LogP contribution is -2.26. The molecule has 0 bridgehead atoms. The van der Waals surface area contributed by atoms with Crippen LogP contribution in [-0.2, 0) is 16.0 Å². The number of carbonyl (C=O) groups excluding carboxylic acids is 2. The van der Waals surface area contributed by atoms with Gasteiger partial charge in [0.2, 0.25) is 11.8 Å². The summed E-state index contributed by atoms with van der Waals surface area (Å²) in [5, 5.41) is 6.46. The second-order valence-corrected chi connectivity index (χ2v) is 6.59. The van der Waals surface area contributed by atoms with Gasteiger partial charge < -0.3 is 10.6 Å². The molecule has 0 aliphatic rings. The van der Waals surface area contributed by atoms with Crippen molar-refractivity contribution in [3.63, 3.8) is 0 Å². The lowest BCUT2D eigenvalue weighted by atomic mass is 10.1. The summed E-state index contributed by atoms with van der Waals surface area (Å²) in [5.41, 5.74) is 3.74. The highest BCUT2D eigenvalue weighted by Gasteiger charge is 2.11. The molecule has 132 valence electrons. The third-order valence-corrected chi connectivity index (χ3v) is 4.37. The van der Waals surface area contributed by atoms with Gasteiger partial charge in [-0.2, -0.15) is 0 Å². The first kappa shape index (κ1) is 19.0. The molecule has 0 heterocycles. The van der Waals surface area contributed by atoms with Crippen LogP contribution < -0.4 is 10.6 Å². The summed E-state index contributed by atoms with van der Waals surface area (Å²) < 4.78 is 0. The van der Waals surface area contributed by atoms with Gasteiger partial charge in [0.1, 0.15) is 0 Å². The number of benzene rings is 2. The van der Waals surface area contributed by atoms with Crippen molar-refractivity contribution in [3.8, 4) is 0 Å². The van der Waals surface area contributed by atoms with Gasteiger partial charge in [-0.05, 0) is 55.2 Å². The molecular weight excluding hydrogens is 336 g/mol. The molecule has 1 atom stereocenters. The average Bonchev–Trinajstić information content (AvgIpc) is 2.55. The fourth-order valence-corrected chi connectivity index (χ4v) is 2.74. The van der Waals surface area contributed by atoms with Crippen LogP contribution in [0.3, 0.4) is 0 Å². The second kappa shape index (κ2) is 8.67. The van der Waals surface area contributed by atoms with E-state index in [9.17, 15) is 9.59 Å². The molecule has 2 aromatic carbocycles. The molecule has 1 unspecified atom stereocenters. The molecule has 0 aromatic heterocycles. The molecule has 2 aromatic rings.